The van der Waals surface area contributed by atoms with Crippen molar-refractivity contribution in [3.8, 4) is 0 Å². The lowest BCUT2D eigenvalue weighted by Crippen LogP contribution is -2.55. The first-order valence-corrected chi connectivity index (χ1v) is 13.1. The monoisotopic (exact) mass is 532 g/mol. The van der Waals surface area contributed by atoms with Crippen LogP contribution in [-0.4, -0.2) is 16.4 Å². The van der Waals surface area contributed by atoms with Crippen LogP contribution in [0.4, 0.5) is 17.6 Å². The molecule has 0 saturated heterocycles. The van der Waals surface area contributed by atoms with Crippen LogP contribution in [0.3, 0.4) is 0 Å². The number of carbonyl (C=O) groups is 2. The zero-order chi connectivity index (χ0) is 26.8. The Hall–Kier alpha value is -2.47. The number of allylic oxidation sites excluding steroid dienone is 2. The Balaban J connectivity index is 1.67. The summed E-state index contributed by atoms with van der Waals surface area (Å²) in [7, 11) is 0. The van der Waals surface area contributed by atoms with Gasteiger partial charge in [-0.1, -0.05) is 50.6 Å². The van der Waals surface area contributed by atoms with E-state index in [0.29, 0.717) is 17.6 Å². The molecular formula is C30H29ClF4O2. The second-order valence-corrected chi connectivity index (χ2v) is 11.9. The van der Waals surface area contributed by atoms with E-state index in [9.17, 15) is 27.2 Å². The molecule has 0 radical (unpaired) electrons. The summed E-state index contributed by atoms with van der Waals surface area (Å²) < 4.78 is 53.4. The predicted molar refractivity (Wildman–Crippen MR) is 134 cm³/mol. The van der Waals surface area contributed by atoms with Crippen LogP contribution < -0.4 is 0 Å². The fourth-order valence-electron chi connectivity index (χ4n) is 6.87. The summed E-state index contributed by atoms with van der Waals surface area (Å²) in [4.78, 5) is 26.3. The quantitative estimate of drug-likeness (QED) is 0.172. The zero-order valence-electron chi connectivity index (χ0n) is 20.7. The topological polar surface area (TPSA) is 34.1 Å². The second-order valence-electron chi connectivity index (χ2n) is 11.3. The molecular weight excluding hydrogens is 504 g/mol. The van der Waals surface area contributed by atoms with E-state index in [1.165, 1.54) is 12.1 Å². The first-order valence-electron chi connectivity index (χ1n) is 12.8. The third-order valence-corrected chi connectivity index (χ3v) is 9.35. The first-order chi connectivity index (χ1) is 17.4. The van der Waals surface area contributed by atoms with Crippen molar-refractivity contribution in [3.05, 3.63) is 82.7 Å². The molecule has 37 heavy (non-hydrogen) atoms. The molecule has 0 bridgehead atoms. The highest BCUT2D eigenvalue weighted by molar-refractivity contribution is 6.41. The molecule has 196 valence electrons. The molecule has 0 N–H and O–H groups in total. The Morgan fingerprint density at radius 2 is 1.65 bits per heavy atom. The Morgan fingerprint density at radius 3 is 2.16 bits per heavy atom. The van der Waals surface area contributed by atoms with Crippen LogP contribution >= 0.6 is 11.6 Å². The number of carbonyl (C=O) groups excluding carboxylic acids is 2. The predicted octanol–water partition coefficient (Wildman–Crippen LogP) is 8.15. The van der Waals surface area contributed by atoms with E-state index in [0.717, 1.165) is 49.9 Å². The standard InChI is InChI=1S/C30H29ClF4O2/c1-17(2)23-14-20-15-28(12-3-13-28)16-24(36)25(20)26(18-6-10-22(32)11-7-18)29(23,31)27(37)19-4-8-21(9-5-19)30(33,34)35/h4-11,14,17,20,25-26H,3,12-13,15-16H2,1-2H3. The highest BCUT2D eigenvalue weighted by Gasteiger charge is 2.60. The highest BCUT2D eigenvalue weighted by atomic mass is 35.5. The minimum atomic E-state index is -4.54. The molecule has 7 heteroatoms. The molecule has 4 atom stereocenters. The van der Waals surface area contributed by atoms with Gasteiger partial charge in [0.05, 0.1) is 5.56 Å². The molecule has 0 aliphatic heterocycles. The third-order valence-electron chi connectivity index (χ3n) is 8.72. The normalized spacial score (nSPS) is 29.0. The maximum atomic E-state index is 14.2. The Kier molecular flexibility index (Phi) is 6.41. The second kappa shape index (κ2) is 9.07. The van der Waals surface area contributed by atoms with Gasteiger partial charge in [0.25, 0.3) is 0 Å². The number of fused-ring (bicyclic) bond motifs is 1. The van der Waals surface area contributed by atoms with E-state index < -0.39 is 40.1 Å². The summed E-state index contributed by atoms with van der Waals surface area (Å²) >= 11 is 7.41. The van der Waals surface area contributed by atoms with Crippen LogP contribution in [0.15, 0.2) is 60.2 Å². The summed E-state index contributed by atoms with van der Waals surface area (Å²) in [6.07, 6.45) is 1.83. The van der Waals surface area contributed by atoms with Gasteiger partial charge in [0.2, 0.25) is 0 Å². The number of halogens is 5. The number of ketones is 2. The van der Waals surface area contributed by atoms with E-state index in [1.54, 1.807) is 12.1 Å². The van der Waals surface area contributed by atoms with Gasteiger partial charge in [-0.05, 0) is 71.9 Å². The van der Waals surface area contributed by atoms with Crippen LogP contribution in [-0.2, 0) is 11.0 Å². The number of benzene rings is 2. The van der Waals surface area contributed by atoms with Crippen LogP contribution in [0.25, 0.3) is 0 Å². The molecule has 0 heterocycles. The third kappa shape index (κ3) is 4.35. The van der Waals surface area contributed by atoms with Gasteiger partial charge in [0.15, 0.2) is 5.78 Å². The lowest BCUT2D eigenvalue weighted by molar-refractivity contribution is -0.137. The molecule has 1 spiro atoms. The van der Waals surface area contributed by atoms with Gasteiger partial charge < -0.3 is 0 Å². The summed E-state index contributed by atoms with van der Waals surface area (Å²) in [5, 5.41) is 0. The smallest absolute Gasteiger partial charge is 0.299 e. The van der Waals surface area contributed by atoms with E-state index in [2.05, 4.69) is 0 Å². The van der Waals surface area contributed by atoms with Crippen molar-refractivity contribution < 1.29 is 27.2 Å². The Labute approximate surface area is 219 Å². The van der Waals surface area contributed by atoms with Crippen molar-refractivity contribution in [1.82, 2.24) is 0 Å². The van der Waals surface area contributed by atoms with E-state index in [1.807, 2.05) is 19.9 Å². The van der Waals surface area contributed by atoms with Gasteiger partial charge >= 0.3 is 6.18 Å². The average molecular weight is 533 g/mol. The largest absolute Gasteiger partial charge is 0.416 e. The summed E-state index contributed by atoms with van der Waals surface area (Å²) in [5.74, 6) is -2.57. The Morgan fingerprint density at radius 1 is 1.03 bits per heavy atom. The zero-order valence-corrected chi connectivity index (χ0v) is 21.5. The number of alkyl halides is 4. The minimum Gasteiger partial charge on any atom is -0.299 e. The minimum absolute atomic E-state index is 0.00602. The molecule has 4 unspecified atom stereocenters. The van der Waals surface area contributed by atoms with Crippen molar-refractivity contribution in [2.75, 3.05) is 0 Å². The lowest BCUT2D eigenvalue weighted by atomic mass is 9.49. The SMILES string of the molecule is CC(C)C1=CC2CC3(CCC3)CC(=O)C2C(c2ccc(F)cc2)C1(Cl)C(=O)c1ccc(C(F)(F)F)cc1. The summed E-state index contributed by atoms with van der Waals surface area (Å²) in [5.41, 5.74) is 0.418. The van der Waals surface area contributed by atoms with E-state index in [-0.39, 0.29) is 28.6 Å². The van der Waals surface area contributed by atoms with Crippen LogP contribution in [0, 0.1) is 29.0 Å². The number of Topliss-reactive ketones (excluding diaryl/α,β-unsaturated/α-hetero) is 2. The molecule has 5 rings (SSSR count). The molecule has 2 aromatic carbocycles. The molecule has 2 aromatic rings. The van der Waals surface area contributed by atoms with Crippen LogP contribution in [0.2, 0.25) is 0 Å². The fourth-order valence-corrected chi connectivity index (χ4v) is 7.52. The molecule has 3 aliphatic carbocycles. The first kappa shape index (κ1) is 26.1. The van der Waals surface area contributed by atoms with Gasteiger partial charge in [0.1, 0.15) is 16.5 Å². The molecule has 2 nitrogen and oxygen atoms in total. The molecule has 0 aromatic heterocycles. The van der Waals surface area contributed by atoms with E-state index in [4.69, 9.17) is 11.6 Å². The number of hydrogen-bond acceptors (Lipinski definition) is 2. The maximum absolute atomic E-state index is 14.2. The van der Waals surface area contributed by atoms with Crippen molar-refractivity contribution in [3.63, 3.8) is 0 Å². The molecule has 3 aliphatic rings. The number of hydrogen-bond donors (Lipinski definition) is 0. The number of rotatable bonds is 4. The fraction of sp³-hybridized carbons (Fsp3) is 0.467. The summed E-state index contributed by atoms with van der Waals surface area (Å²) in [6, 6.07) is 9.75. The van der Waals surface area contributed by atoms with Gasteiger partial charge in [-0.2, -0.15) is 13.2 Å². The van der Waals surface area contributed by atoms with Crippen LogP contribution in [0.5, 0.6) is 0 Å². The van der Waals surface area contributed by atoms with Crippen molar-refractivity contribution in [2.45, 2.75) is 62.9 Å². The van der Waals surface area contributed by atoms with Gasteiger partial charge in [-0.15, -0.1) is 11.6 Å². The van der Waals surface area contributed by atoms with Gasteiger partial charge in [-0.3, -0.25) is 9.59 Å². The highest BCUT2D eigenvalue weighted by Crippen LogP contribution is 2.62. The van der Waals surface area contributed by atoms with Crippen molar-refractivity contribution in [1.29, 1.82) is 0 Å². The molecule has 2 fully saturated rings. The van der Waals surface area contributed by atoms with E-state index >= 15 is 0 Å². The lowest BCUT2D eigenvalue weighted by Gasteiger charge is -2.55. The maximum Gasteiger partial charge on any atom is 0.416 e. The van der Waals surface area contributed by atoms with Gasteiger partial charge in [0, 0.05) is 23.8 Å². The van der Waals surface area contributed by atoms with Crippen molar-refractivity contribution >= 4 is 23.2 Å². The summed E-state index contributed by atoms with van der Waals surface area (Å²) in [6.45, 7) is 3.85. The molecule has 0 amide bonds. The Bertz CT molecular complexity index is 1240. The van der Waals surface area contributed by atoms with Crippen molar-refractivity contribution in [2.24, 2.45) is 23.2 Å². The van der Waals surface area contributed by atoms with Gasteiger partial charge in [-0.25, -0.2) is 4.39 Å². The average Bonchev–Trinajstić information content (AvgIpc) is 2.82. The molecule has 2 saturated carbocycles. The van der Waals surface area contributed by atoms with Crippen LogP contribution in [0.1, 0.15) is 73.4 Å².